The maximum absolute atomic E-state index is 10.5. The topological polar surface area (TPSA) is 63.8 Å². The van der Waals surface area contributed by atoms with Gasteiger partial charge in [-0.25, -0.2) is 4.98 Å². The number of nitrogens with zero attached hydrogens (tertiary/aromatic N) is 4. The van der Waals surface area contributed by atoms with E-state index in [0.717, 1.165) is 11.4 Å². The molecule has 0 radical (unpaired) electrons. The van der Waals surface area contributed by atoms with Crippen LogP contribution in [0.3, 0.4) is 0 Å². The van der Waals surface area contributed by atoms with E-state index in [-0.39, 0.29) is 5.92 Å². The maximum atomic E-state index is 10.5. The van der Waals surface area contributed by atoms with E-state index in [2.05, 4.69) is 46.8 Å². The zero-order valence-electron chi connectivity index (χ0n) is 10.8. The molecular formula is C12H14Br2N4O. The molecule has 5 nitrogen and oxygen atoms in total. The summed E-state index contributed by atoms with van der Waals surface area (Å²) in [6, 6.07) is 0. The second-order valence-corrected chi connectivity index (χ2v) is 5.90. The van der Waals surface area contributed by atoms with Crippen molar-refractivity contribution in [2.24, 2.45) is 7.05 Å². The molecule has 0 unspecified atom stereocenters. The number of aliphatic hydroxyl groups excluding tert-OH is 1. The predicted molar refractivity (Wildman–Crippen MR) is 78.8 cm³/mol. The first-order valence-corrected chi connectivity index (χ1v) is 7.34. The van der Waals surface area contributed by atoms with Gasteiger partial charge >= 0.3 is 0 Å². The molecule has 1 N–H and O–H groups in total. The van der Waals surface area contributed by atoms with Gasteiger partial charge in [-0.3, -0.25) is 9.97 Å². The van der Waals surface area contributed by atoms with Crippen LogP contribution in [-0.2, 0) is 7.05 Å². The first-order valence-electron chi connectivity index (χ1n) is 5.76. The second-order valence-electron chi connectivity index (χ2n) is 4.43. The van der Waals surface area contributed by atoms with Gasteiger partial charge in [-0.15, -0.1) is 0 Å². The Bertz CT molecular complexity index is 599. The van der Waals surface area contributed by atoms with Gasteiger partial charge < -0.3 is 9.67 Å². The van der Waals surface area contributed by atoms with Crippen LogP contribution < -0.4 is 0 Å². The summed E-state index contributed by atoms with van der Waals surface area (Å²) in [4.78, 5) is 12.7. The average Bonchev–Trinajstić information content (AvgIpc) is 2.61. The molecule has 0 fully saturated rings. The van der Waals surface area contributed by atoms with Crippen molar-refractivity contribution in [3.63, 3.8) is 0 Å². The summed E-state index contributed by atoms with van der Waals surface area (Å²) in [5.74, 6) is -0.175. The highest BCUT2D eigenvalue weighted by Gasteiger charge is 2.26. The maximum Gasteiger partial charge on any atom is 0.178 e. The van der Waals surface area contributed by atoms with Crippen molar-refractivity contribution in [2.45, 2.75) is 25.9 Å². The molecule has 0 bridgehead atoms. The molecule has 0 aromatic carbocycles. The Morgan fingerprint density at radius 2 is 1.95 bits per heavy atom. The lowest BCUT2D eigenvalue weighted by molar-refractivity contribution is 0.141. The number of halogens is 2. The number of hydrogen-bond donors (Lipinski definition) is 1. The Balaban J connectivity index is 2.36. The van der Waals surface area contributed by atoms with E-state index < -0.39 is 6.10 Å². The van der Waals surface area contributed by atoms with Gasteiger partial charge in [-0.2, -0.15) is 0 Å². The second kappa shape index (κ2) is 5.68. The smallest absolute Gasteiger partial charge is 0.178 e. The highest BCUT2D eigenvalue weighted by atomic mass is 79.9. The van der Waals surface area contributed by atoms with Crippen LogP contribution in [0.1, 0.15) is 36.0 Å². The van der Waals surface area contributed by atoms with E-state index >= 15 is 0 Å². The van der Waals surface area contributed by atoms with Crippen LogP contribution in [0.4, 0.5) is 0 Å². The first-order chi connectivity index (χ1) is 8.91. The molecule has 19 heavy (non-hydrogen) atoms. The molecule has 2 aromatic heterocycles. The number of rotatable bonds is 3. The normalized spacial score (nSPS) is 14.4. The van der Waals surface area contributed by atoms with Crippen LogP contribution in [0, 0.1) is 6.92 Å². The van der Waals surface area contributed by atoms with Crippen molar-refractivity contribution in [1.29, 1.82) is 0 Å². The molecule has 7 heteroatoms. The number of hydrogen-bond acceptors (Lipinski definition) is 4. The summed E-state index contributed by atoms with van der Waals surface area (Å²) in [5.41, 5.74) is 2.31. The molecule has 0 aliphatic carbocycles. The first kappa shape index (κ1) is 14.6. The third-order valence-electron chi connectivity index (χ3n) is 3.03. The predicted octanol–water partition coefficient (Wildman–Crippen LogP) is 2.88. The molecule has 102 valence electrons. The lowest BCUT2D eigenvalue weighted by Crippen LogP contribution is -2.14. The standard InChI is InChI=1S/C12H14Br2N4O/c1-6-4-15-5-8(16-6)7(2)10(19)9-11(13)17-12(14)18(9)3/h4-5,7,10,19H,1-3H3/t7-,10+/m0/s1. The molecule has 2 rings (SSSR count). The van der Waals surface area contributed by atoms with Gasteiger partial charge in [0.05, 0.1) is 17.1 Å². The van der Waals surface area contributed by atoms with E-state index in [4.69, 9.17) is 0 Å². The fourth-order valence-corrected chi connectivity index (χ4v) is 3.15. The molecule has 0 spiro atoms. The molecule has 2 aromatic rings. The third-order valence-corrected chi connectivity index (χ3v) is 4.33. The van der Waals surface area contributed by atoms with Crippen LogP contribution in [0.2, 0.25) is 0 Å². The van der Waals surface area contributed by atoms with Gasteiger partial charge in [-0.05, 0) is 38.8 Å². The van der Waals surface area contributed by atoms with Crippen molar-refractivity contribution >= 4 is 31.9 Å². The zero-order valence-corrected chi connectivity index (χ0v) is 14.0. The van der Waals surface area contributed by atoms with Crippen molar-refractivity contribution < 1.29 is 5.11 Å². The summed E-state index contributed by atoms with van der Waals surface area (Å²) in [5, 5.41) is 10.5. The lowest BCUT2D eigenvalue weighted by atomic mass is 9.99. The van der Waals surface area contributed by atoms with E-state index in [9.17, 15) is 5.11 Å². The Labute approximate surface area is 128 Å². The summed E-state index contributed by atoms with van der Waals surface area (Å²) in [6.45, 7) is 3.80. The largest absolute Gasteiger partial charge is 0.386 e. The summed E-state index contributed by atoms with van der Waals surface area (Å²) >= 11 is 6.70. The summed E-state index contributed by atoms with van der Waals surface area (Å²) in [7, 11) is 1.84. The average molecular weight is 390 g/mol. The third kappa shape index (κ3) is 2.88. The van der Waals surface area contributed by atoms with Gasteiger partial charge in [-0.1, -0.05) is 6.92 Å². The minimum absolute atomic E-state index is 0.175. The molecule has 2 atom stereocenters. The molecule has 0 aliphatic heterocycles. The summed E-state index contributed by atoms with van der Waals surface area (Å²) in [6.07, 6.45) is 2.66. The van der Waals surface area contributed by atoms with E-state index in [1.54, 1.807) is 17.0 Å². The van der Waals surface area contributed by atoms with Gasteiger partial charge in [0.15, 0.2) is 4.73 Å². The molecule has 2 heterocycles. The van der Waals surface area contributed by atoms with Gasteiger partial charge in [0.2, 0.25) is 0 Å². The van der Waals surface area contributed by atoms with Crippen LogP contribution in [-0.4, -0.2) is 24.6 Å². The Morgan fingerprint density at radius 1 is 1.26 bits per heavy atom. The molecule has 0 saturated carbocycles. The van der Waals surface area contributed by atoms with Crippen molar-refractivity contribution in [3.05, 3.63) is 38.8 Å². The Kier molecular flexibility index (Phi) is 4.37. The van der Waals surface area contributed by atoms with Gasteiger partial charge in [0.1, 0.15) is 10.7 Å². The monoisotopic (exact) mass is 388 g/mol. The van der Waals surface area contributed by atoms with Crippen molar-refractivity contribution in [3.8, 4) is 0 Å². The van der Waals surface area contributed by atoms with Gasteiger partial charge in [0, 0.05) is 25.4 Å². The minimum atomic E-state index is -0.714. The van der Waals surface area contributed by atoms with Crippen molar-refractivity contribution in [2.75, 3.05) is 0 Å². The summed E-state index contributed by atoms with van der Waals surface area (Å²) < 4.78 is 3.09. The van der Waals surface area contributed by atoms with Crippen LogP contribution in [0.5, 0.6) is 0 Å². The lowest BCUT2D eigenvalue weighted by Gasteiger charge is -2.19. The quantitative estimate of drug-likeness (QED) is 0.876. The van der Waals surface area contributed by atoms with Gasteiger partial charge in [0.25, 0.3) is 0 Å². The highest BCUT2D eigenvalue weighted by Crippen LogP contribution is 2.34. The highest BCUT2D eigenvalue weighted by molar-refractivity contribution is 9.11. The number of aliphatic hydroxyl groups is 1. The molecular weight excluding hydrogens is 376 g/mol. The fraction of sp³-hybridized carbons (Fsp3) is 0.417. The van der Waals surface area contributed by atoms with E-state index in [0.29, 0.717) is 15.0 Å². The van der Waals surface area contributed by atoms with E-state index in [1.165, 1.54) is 0 Å². The molecule has 0 amide bonds. The minimum Gasteiger partial charge on any atom is -0.386 e. The molecule has 0 saturated heterocycles. The van der Waals surface area contributed by atoms with Crippen LogP contribution >= 0.6 is 31.9 Å². The molecule has 0 aliphatic rings. The number of aryl methyl sites for hydroxylation is 1. The Morgan fingerprint density at radius 3 is 2.47 bits per heavy atom. The number of imidazole rings is 1. The fourth-order valence-electron chi connectivity index (χ4n) is 1.87. The van der Waals surface area contributed by atoms with E-state index in [1.807, 2.05) is 20.9 Å². The van der Waals surface area contributed by atoms with Crippen LogP contribution in [0.25, 0.3) is 0 Å². The van der Waals surface area contributed by atoms with Crippen molar-refractivity contribution in [1.82, 2.24) is 19.5 Å². The van der Waals surface area contributed by atoms with Crippen LogP contribution in [0.15, 0.2) is 21.7 Å². The SMILES string of the molecule is Cc1cncc([C@H](C)[C@@H](O)c2c(Br)nc(Br)n2C)n1. The Hall–Kier alpha value is -0.790. The number of aromatic nitrogens is 4. The zero-order chi connectivity index (χ0) is 14.2.